The molecule has 0 amide bonds. The number of anilines is 1. The van der Waals surface area contributed by atoms with E-state index in [1.807, 2.05) is 24.7 Å². The van der Waals surface area contributed by atoms with Gasteiger partial charge in [0.15, 0.2) is 10.9 Å². The first-order valence-corrected chi connectivity index (χ1v) is 9.42. The smallest absolute Gasteiger partial charge is 0.358 e. The van der Waals surface area contributed by atoms with Gasteiger partial charge in [0, 0.05) is 36.6 Å². The van der Waals surface area contributed by atoms with Gasteiger partial charge in [0.1, 0.15) is 0 Å². The Bertz CT molecular complexity index is 992. The molecule has 0 unspecified atom stereocenters. The summed E-state index contributed by atoms with van der Waals surface area (Å²) in [6.07, 6.45) is -0.663. The van der Waals surface area contributed by atoms with Gasteiger partial charge >= 0.3 is 6.18 Å². The van der Waals surface area contributed by atoms with Gasteiger partial charge in [0.05, 0.1) is 18.3 Å². The number of rotatable bonds is 6. The molecule has 3 rings (SSSR count). The molecule has 2 N–H and O–H groups in total. The van der Waals surface area contributed by atoms with Crippen LogP contribution in [0, 0.1) is 6.92 Å². The summed E-state index contributed by atoms with van der Waals surface area (Å²) in [6, 6.07) is 7.02. The lowest BCUT2D eigenvalue weighted by Crippen LogP contribution is -2.28. The van der Waals surface area contributed by atoms with Gasteiger partial charge in [0.25, 0.3) is 0 Å². The third-order valence-electron chi connectivity index (χ3n) is 4.27. The van der Waals surface area contributed by atoms with E-state index < -0.39 is 11.7 Å². The molecular formula is C19H21F3N6S. The van der Waals surface area contributed by atoms with Crippen molar-refractivity contribution in [3.8, 4) is 0 Å². The maximum absolute atomic E-state index is 12.9. The number of halogens is 3. The number of aryl methyl sites for hydroxylation is 2. The topological polar surface area (TPSA) is 59.7 Å². The van der Waals surface area contributed by atoms with E-state index in [0.717, 1.165) is 29.9 Å². The third kappa shape index (κ3) is 5.57. The molecule has 1 aromatic carbocycles. The fourth-order valence-corrected chi connectivity index (χ4v) is 2.94. The molecule has 0 saturated heterocycles. The fourth-order valence-electron chi connectivity index (χ4n) is 2.76. The zero-order valence-electron chi connectivity index (χ0n) is 16.0. The molecule has 0 aliphatic carbocycles. The van der Waals surface area contributed by atoms with Crippen LogP contribution in [-0.4, -0.2) is 24.7 Å². The van der Waals surface area contributed by atoms with Crippen molar-refractivity contribution in [1.82, 2.24) is 24.9 Å². The van der Waals surface area contributed by atoms with E-state index in [2.05, 4.69) is 20.8 Å². The normalized spacial score (nSPS) is 11.5. The van der Waals surface area contributed by atoms with Crippen molar-refractivity contribution in [3.05, 3.63) is 65.1 Å². The van der Waals surface area contributed by atoms with Crippen LogP contribution in [0.3, 0.4) is 0 Å². The van der Waals surface area contributed by atoms with Gasteiger partial charge in [-0.1, -0.05) is 12.1 Å². The van der Waals surface area contributed by atoms with Crippen LogP contribution in [0.25, 0.3) is 0 Å². The van der Waals surface area contributed by atoms with E-state index in [4.69, 9.17) is 12.2 Å². The molecule has 0 bridgehead atoms. The zero-order valence-corrected chi connectivity index (χ0v) is 16.8. The molecule has 3 aromatic rings. The molecule has 0 spiro atoms. The Kier molecular flexibility index (Phi) is 6.21. The van der Waals surface area contributed by atoms with E-state index >= 15 is 0 Å². The van der Waals surface area contributed by atoms with Crippen LogP contribution in [0.1, 0.15) is 29.3 Å². The maximum atomic E-state index is 12.9. The average molecular weight is 422 g/mol. The lowest BCUT2D eigenvalue weighted by molar-refractivity contribution is -0.137. The highest BCUT2D eigenvalue weighted by Gasteiger charge is 2.30. The van der Waals surface area contributed by atoms with Crippen LogP contribution in [0.5, 0.6) is 0 Å². The Morgan fingerprint density at radius 2 is 2.00 bits per heavy atom. The van der Waals surface area contributed by atoms with Gasteiger partial charge in [-0.3, -0.25) is 9.36 Å². The van der Waals surface area contributed by atoms with Crippen LogP contribution in [0.4, 0.5) is 19.0 Å². The quantitative estimate of drug-likeness (QED) is 0.589. The summed E-state index contributed by atoms with van der Waals surface area (Å²) in [6.45, 7) is 5.39. The highest BCUT2D eigenvalue weighted by atomic mass is 32.1. The summed E-state index contributed by atoms with van der Waals surface area (Å²) >= 11 is 5.29. The first kappa shape index (κ1) is 20.8. The third-order valence-corrected chi connectivity index (χ3v) is 4.52. The second-order valence-electron chi connectivity index (χ2n) is 6.54. The largest absolute Gasteiger partial charge is 0.416 e. The number of nitrogens with zero attached hydrogens (tertiary/aromatic N) is 4. The van der Waals surface area contributed by atoms with Gasteiger partial charge in [0.2, 0.25) is 0 Å². The summed E-state index contributed by atoms with van der Waals surface area (Å²) in [5.41, 5.74) is 1.65. The predicted octanol–water partition coefficient (Wildman–Crippen LogP) is 3.96. The number of thiocarbonyl (C=S) groups is 1. The second-order valence-corrected chi connectivity index (χ2v) is 6.95. The lowest BCUT2D eigenvalue weighted by atomic mass is 10.1. The van der Waals surface area contributed by atoms with Crippen molar-refractivity contribution in [2.75, 3.05) is 5.32 Å². The molecule has 154 valence electrons. The number of benzene rings is 1. The second kappa shape index (κ2) is 8.64. The minimum absolute atomic E-state index is 0.230. The van der Waals surface area contributed by atoms with Crippen LogP contribution < -0.4 is 10.6 Å². The molecule has 0 atom stereocenters. The Hall–Kier alpha value is -2.88. The van der Waals surface area contributed by atoms with Crippen molar-refractivity contribution in [2.45, 2.75) is 39.7 Å². The minimum Gasteiger partial charge on any atom is -0.358 e. The van der Waals surface area contributed by atoms with Crippen molar-refractivity contribution in [2.24, 2.45) is 0 Å². The first-order chi connectivity index (χ1) is 13.7. The number of hydrogen-bond acceptors (Lipinski definition) is 3. The van der Waals surface area contributed by atoms with Gasteiger partial charge in [-0.25, -0.2) is 0 Å². The van der Waals surface area contributed by atoms with Crippen molar-refractivity contribution in [3.63, 3.8) is 0 Å². The molecule has 0 saturated carbocycles. The summed E-state index contributed by atoms with van der Waals surface area (Å²) in [5, 5.41) is 15.1. The molecule has 0 aliphatic rings. The van der Waals surface area contributed by atoms with E-state index in [-0.39, 0.29) is 6.54 Å². The van der Waals surface area contributed by atoms with Crippen molar-refractivity contribution < 1.29 is 13.2 Å². The summed E-state index contributed by atoms with van der Waals surface area (Å²) in [4.78, 5) is 0. The molecule has 2 aromatic heterocycles. The van der Waals surface area contributed by atoms with Gasteiger partial charge in [-0.2, -0.15) is 23.4 Å². The van der Waals surface area contributed by atoms with Crippen LogP contribution >= 0.6 is 12.2 Å². The molecule has 0 radical (unpaired) electrons. The summed E-state index contributed by atoms with van der Waals surface area (Å²) in [7, 11) is 0. The first-order valence-electron chi connectivity index (χ1n) is 9.01. The van der Waals surface area contributed by atoms with Crippen LogP contribution in [0.2, 0.25) is 0 Å². The molecule has 0 aliphatic heterocycles. The summed E-state index contributed by atoms with van der Waals surface area (Å²) in [5.74, 6) is 0.524. The predicted molar refractivity (Wildman–Crippen MR) is 108 cm³/mol. The lowest BCUT2D eigenvalue weighted by Gasteiger charge is -2.10. The Morgan fingerprint density at radius 3 is 2.69 bits per heavy atom. The van der Waals surface area contributed by atoms with Crippen molar-refractivity contribution in [1.29, 1.82) is 0 Å². The van der Waals surface area contributed by atoms with E-state index in [1.165, 1.54) is 6.07 Å². The Labute approximate surface area is 171 Å². The molecule has 10 heteroatoms. The van der Waals surface area contributed by atoms with Gasteiger partial charge < -0.3 is 10.6 Å². The van der Waals surface area contributed by atoms with Gasteiger partial charge in [-0.15, -0.1) is 0 Å². The number of hydrogen-bond donors (Lipinski definition) is 2. The molecular weight excluding hydrogens is 401 g/mol. The maximum Gasteiger partial charge on any atom is 0.416 e. The van der Waals surface area contributed by atoms with E-state index in [9.17, 15) is 13.2 Å². The minimum atomic E-state index is -4.37. The molecule has 0 fully saturated rings. The number of aromatic nitrogens is 4. The number of nitrogens with one attached hydrogen (secondary N) is 2. The number of alkyl halides is 3. The van der Waals surface area contributed by atoms with E-state index in [0.29, 0.717) is 23.0 Å². The SMILES string of the molecule is CCn1cc(CNC(=S)Nc2cc(C)n(Cc3cccc(C(F)(F)F)c3)n2)cn1. The summed E-state index contributed by atoms with van der Waals surface area (Å²) < 4.78 is 42.1. The molecule has 6 nitrogen and oxygen atoms in total. The van der Waals surface area contributed by atoms with Crippen LogP contribution in [-0.2, 0) is 25.8 Å². The van der Waals surface area contributed by atoms with Crippen molar-refractivity contribution >= 4 is 23.1 Å². The monoisotopic (exact) mass is 422 g/mol. The zero-order chi connectivity index (χ0) is 21.0. The average Bonchev–Trinajstić information content (AvgIpc) is 3.26. The Morgan fingerprint density at radius 1 is 1.21 bits per heavy atom. The Balaban J connectivity index is 1.60. The highest BCUT2D eigenvalue weighted by molar-refractivity contribution is 7.80. The standard InChI is InChI=1S/C19H21F3N6S/c1-3-27-11-15(10-24-27)9-23-18(29)25-17-7-13(2)28(26-17)12-14-5-4-6-16(8-14)19(20,21)22/h4-8,10-11H,3,9,12H2,1-2H3,(H2,23,25,26,29). The molecule has 2 heterocycles. The van der Waals surface area contributed by atoms with Crippen LogP contribution in [0.15, 0.2) is 42.7 Å². The molecule has 29 heavy (non-hydrogen) atoms. The highest BCUT2D eigenvalue weighted by Crippen LogP contribution is 2.29. The fraction of sp³-hybridized carbons (Fsp3) is 0.316. The van der Waals surface area contributed by atoms with E-state index in [1.54, 1.807) is 23.0 Å². The van der Waals surface area contributed by atoms with Gasteiger partial charge in [-0.05, 0) is 43.8 Å².